The van der Waals surface area contributed by atoms with Gasteiger partial charge in [0.25, 0.3) is 0 Å². The SMILES string of the molecule is CCc1cccc(Sc2nc(Nc3cc(C4CC4)[nH]n3)c3ccccc3n2)c1. The first-order valence-corrected chi connectivity index (χ1v) is 10.5. The maximum atomic E-state index is 4.80. The largest absolute Gasteiger partial charge is 0.323 e. The minimum Gasteiger partial charge on any atom is -0.323 e. The Morgan fingerprint density at radius 3 is 2.82 bits per heavy atom. The third-order valence-electron chi connectivity index (χ3n) is 4.96. The van der Waals surface area contributed by atoms with Gasteiger partial charge >= 0.3 is 0 Å². The maximum Gasteiger partial charge on any atom is 0.195 e. The van der Waals surface area contributed by atoms with Crippen molar-refractivity contribution >= 4 is 34.3 Å². The highest BCUT2D eigenvalue weighted by Gasteiger charge is 2.25. The Labute approximate surface area is 168 Å². The monoisotopic (exact) mass is 387 g/mol. The zero-order chi connectivity index (χ0) is 18.9. The fourth-order valence-electron chi connectivity index (χ4n) is 3.26. The molecule has 0 atom stereocenters. The van der Waals surface area contributed by atoms with Crippen molar-refractivity contribution in [3.05, 3.63) is 65.9 Å². The van der Waals surface area contributed by atoms with Gasteiger partial charge < -0.3 is 5.32 Å². The molecule has 0 bridgehead atoms. The summed E-state index contributed by atoms with van der Waals surface area (Å²) in [5.41, 5.74) is 3.44. The number of nitrogens with one attached hydrogen (secondary N) is 2. The third-order valence-corrected chi connectivity index (χ3v) is 5.81. The standard InChI is InChI=1S/C22H21N5S/c1-2-14-6-5-7-16(12-14)28-22-23-18-9-4-3-8-17(18)21(25-22)24-20-13-19(26-27-20)15-10-11-15/h3-9,12-13,15H,2,10-11H2,1H3,(H2,23,24,25,26,27). The van der Waals surface area contributed by atoms with Gasteiger partial charge in [0.05, 0.1) is 5.52 Å². The van der Waals surface area contributed by atoms with Crippen LogP contribution >= 0.6 is 11.8 Å². The van der Waals surface area contributed by atoms with Gasteiger partial charge in [-0.15, -0.1) is 0 Å². The molecule has 5 rings (SSSR count). The van der Waals surface area contributed by atoms with Gasteiger partial charge in [0, 0.05) is 28.0 Å². The molecule has 1 aliphatic rings. The van der Waals surface area contributed by atoms with E-state index in [2.05, 4.69) is 52.8 Å². The number of benzene rings is 2. The first-order chi connectivity index (χ1) is 13.8. The lowest BCUT2D eigenvalue weighted by Crippen LogP contribution is -1.99. The normalized spacial score (nSPS) is 13.8. The van der Waals surface area contributed by atoms with Crippen LogP contribution in [0.25, 0.3) is 10.9 Å². The Kier molecular flexibility index (Phi) is 4.49. The van der Waals surface area contributed by atoms with Crippen LogP contribution in [0.3, 0.4) is 0 Å². The number of para-hydroxylation sites is 1. The Bertz CT molecular complexity index is 1130. The highest BCUT2D eigenvalue weighted by molar-refractivity contribution is 7.99. The lowest BCUT2D eigenvalue weighted by Gasteiger charge is -2.09. The van der Waals surface area contributed by atoms with E-state index in [9.17, 15) is 0 Å². The van der Waals surface area contributed by atoms with Gasteiger partial charge in [-0.25, -0.2) is 9.97 Å². The van der Waals surface area contributed by atoms with Crippen molar-refractivity contribution in [2.45, 2.75) is 42.2 Å². The third kappa shape index (κ3) is 3.60. The van der Waals surface area contributed by atoms with Crippen LogP contribution < -0.4 is 5.32 Å². The summed E-state index contributed by atoms with van der Waals surface area (Å²) in [4.78, 5) is 10.7. The molecule has 0 spiro atoms. The molecule has 2 aromatic carbocycles. The fraction of sp³-hybridized carbons (Fsp3) is 0.227. The van der Waals surface area contributed by atoms with E-state index in [1.807, 2.05) is 24.3 Å². The van der Waals surface area contributed by atoms with E-state index in [0.717, 1.165) is 39.0 Å². The molecule has 28 heavy (non-hydrogen) atoms. The predicted molar refractivity (Wildman–Crippen MR) is 113 cm³/mol. The van der Waals surface area contributed by atoms with Crippen molar-refractivity contribution in [3.8, 4) is 0 Å². The van der Waals surface area contributed by atoms with Crippen LogP contribution in [0, 0.1) is 0 Å². The molecule has 0 aliphatic heterocycles. The molecule has 0 unspecified atom stereocenters. The van der Waals surface area contributed by atoms with Crippen LogP contribution in [0.5, 0.6) is 0 Å². The van der Waals surface area contributed by atoms with Crippen LogP contribution in [0.4, 0.5) is 11.6 Å². The Balaban J connectivity index is 1.49. The zero-order valence-corrected chi connectivity index (χ0v) is 16.5. The molecule has 1 saturated carbocycles. The molecular formula is C22H21N5S. The number of anilines is 2. The number of rotatable bonds is 6. The number of nitrogens with zero attached hydrogens (tertiary/aromatic N) is 3. The van der Waals surface area contributed by atoms with Crippen LogP contribution in [0.1, 0.15) is 36.9 Å². The summed E-state index contributed by atoms with van der Waals surface area (Å²) in [6.45, 7) is 2.16. The maximum absolute atomic E-state index is 4.80. The quantitative estimate of drug-likeness (QED) is 0.416. The summed E-state index contributed by atoms with van der Waals surface area (Å²) in [7, 11) is 0. The number of hydrogen-bond donors (Lipinski definition) is 2. The van der Waals surface area contributed by atoms with E-state index in [1.165, 1.54) is 24.1 Å². The predicted octanol–water partition coefficient (Wildman–Crippen LogP) is 5.69. The molecular weight excluding hydrogens is 366 g/mol. The van der Waals surface area contributed by atoms with Gasteiger partial charge in [0.2, 0.25) is 0 Å². The van der Waals surface area contributed by atoms with Crippen LogP contribution in [0.2, 0.25) is 0 Å². The Hall–Kier alpha value is -2.86. The minimum absolute atomic E-state index is 0.641. The zero-order valence-electron chi connectivity index (χ0n) is 15.6. The van der Waals surface area contributed by atoms with E-state index >= 15 is 0 Å². The summed E-state index contributed by atoms with van der Waals surface area (Å²) in [5.74, 6) is 2.23. The van der Waals surface area contributed by atoms with Gasteiger partial charge in [-0.2, -0.15) is 5.10 Å². The number of aromatic nitrogens is 4. The van der Waals surface area contributed by atoms with Gasteiger partial charge in [-0.05, 0) is 60.9 Å². The first kappa shape index (κ1) is 17.3. The summed E-state index contributed by atoms with van der Waals surface area (Å²) in [6, 6.07) is 18.7. The van der Waals surface area contributed by atoms with Gasteiger partial charge in [0.15, 0.2) is 11.0 Å². The molecule has 1 aliphatic carbocycles. The highest BCUT2D eigenvalue weighted by Crippen LogP contribution is 2.40. The second-order valence-corrected chi connectivity index (χ2v) is 8.12. The molecule has 140 valence electrons. The molecule has 2 heterocycles. The summed E-state index contributed by atoms with van der Waals surface area (Å²) < 4.78 is 0. The number of hydrogen-bond acceptors (Lipinski definition) is 5. The molecule has 1 fully saturated rings. The topological polar surface area (TPSA) is 66.5 Å². The second-order valence-electron chi connectivity index (χ2n) is 7.08. The molecule has 4 aromatic rings. The Morgan fingerprint density at radius 2 is 1.96 bits per heavy atom. The van der Waals surface area contributed by atoms with Crippen LogP contribution in [-0.4, -0.2) is 20.2 Å². The number of H-pyrrole nitrogens is 1. The smallest absolute Gasteiger partial charge is 0.195 e. The Morgan fingerprint density at radius 1 is 1.07 bits per heavy atom. The minimum atomic E-state index is 0.641. The lowest BCUT2D eigenvalue weighted by atomic mass is 10.2. The lowest BCUT2D eigenvalue weighted by molar-refractivity contribution is 0.964. The summed E-state index contributed by atoms with van der Waals surface area (Å²) >= 11 is 1.59. The average molecular weight is 388 g/mol. The fourth-order valence-corrected chi connectivity index (χ4v) is 4.10. The van der Waals surface area contributed by atoms with Crippen molar-refractivity contribution < 1.29 is 0 Å². The van der Waals surface area contributed by atoms with Crippen molar-refractivity contribution in [3.63, 3.8) is 0 Å². The van der Waals surface area contributed by atoms with Crippen molar-refractivity contribution in [1.82, 2.24) is 20.2 Å². The number of aryl methyl sites for hydroxylation is 1. The van der Waals surface area contributed by atoms with Gasteiger partial charge in [0.1, 0.15) is 5.82 Å². The first-order valence-electron chi connectivity index (χ1n) is 9.64. The summed E-state index contributed by atoms with van der Waals surface area (Å²) in [6.07, 6.45) is 3.51. The van der Waals surface area contributed by atoms with E-state index in [-0.39, 0.29) is 0 Å². The molecule has 6 heteroatoms. The van der Waals surface area contributed by atoms with E-state index < -0.39 is 0 Å². The molecule has 2 aromatic heterocycles. The molecule has 2 N–H and O–H groups in total. The molecule has 5 nitrogen and oxygen atoms in total. The molecule has 0 radical (unpaired) electrons. The second kappa shape index (κ2) is 7.28. The van der Waals surface area contributed by atoms with Crippen LogP contribution in [-0.2, 0) is 6.42 Å². The van der Waals surface area contributed by atoms with E-state index in [0.29, 0.717) is 5.92 Å². The van der Waals surface area contributed by atoms with Crippen molar-refractivity contribution in [1.29, 1.82) is 0 Å². The number of aromatic amines is 1. The molecule has 0 amide bonds. The molecule has 0 saturated heterocycles. The number of fused-ring (bicyclic) bond motifs is 1. The van der Waals surface area contributed by atoms with Crippen molar-refractivity contribution in [2.75, 3.05) is 5.32 Å². The van der Waals surface area contributed by atoms with E-state index in [4.69, 9.17) is 9.97 Å². The van der Waals surface area contributed by atoms with Gasteiger partial charge in [-0.3, -0.25) is 5.10 Å². The van der Waals surface area contributed by atoms with Gasteiger partial charge in [-0.1, -0.05) is 31.2 Å². The van der Waals surface area contributed by atoms with E-state index in [1.54, 1.807) is 11.8 Å². The van der Waals surface area contributed by atoms with Crippen LogP contribution in [0.15, 0.2) is 64.6 Å². The summed E-state index contributed by atoms with van der Waals surface area (Å²) in [5, 5.41) is 12.7. The highest BCUT2D eigenvalue weighted by atomic mass is 32.2. The average Bonchev–Trinajstić information content (AvgIpc) is 3.47. The van der Waals surface area contributed by atoms with Crippen molar-refractivity contribution in [2.24, 2.45) is 0 Å².